The molecule has 1 N–H and O–H groups in total. The summed E-state index contributed by atoms with van der Waals surface area (Å²) in [6, 6.07) is 0.704. The van der Waals surface area contributed by atoms with Crippen LogP contribution in [0.25, 0.3) is 0 Å². The molecule has 0 amide bonds. The third-order valence-corrected chi connectivity index (χ3v) is 3.40. The lowest BCUT2D eigenvalue weighted by Crippen LogP contribution is -2.44. The first kappa shape index (κ1) is 13.0. The minimum atomic E-state index is 0.704. The largest absolute Gasteiger partial charge is 0.313 e. The lowest BCUT2D eigenvalue weighted by Gasteiger charge is -2.33. The smallest absolute Gasteiger partial charge is 0.0192 e. The van der Waals surface area contributed by atoms with E-state index in [4.69, 9.17) is 0 Å². The monoisotopic (exact) mass is 212 g/mol. The van der Waals surface area contributed by atoms with Crippen LogP contribution < -0.4 is 5.32 Å². The van der Waals surface area contributed by atoms with E-state index in [1.54, 1.807) is 0 Å². The van der Waals surface area contributed by atoms with Crippen molar-refractivity contribution in [3.63, 3.8) is 0 Å². The minimum Gasteiger partial charge on any atom is -0.313 e. The zero-order valence-electron chi connectivity index (χ0n) is 10.8. The number of hydrogen-bond acceptors (Lipinski definition) is 2. The van der Waals surface area contributed by atoms with Crippen molar-refractivity contribution in [2.45, 2.75) is 52.5 Å². The van der Waals surface area contributed by atoms with E-state index in [2.05, 4.69) is 31.0 Å². The van der Waals surface area contributed by atoms with E-state index in [-0.39, 0.29) is 0 Å². The summed E-state index contributed by atoms with van der Waals surface area (Å²) in [5.41, 5.74) is 0. The van der Waals surface area contributed by atoms with Crippen molar-refractivity contribution in [3.05, 3.63) is 0 Å². The summed E-state index contributed by atoms with van der Waals surface area (Å²) in [6.07, 6.45) is 5.32. The molecule has 0 radical (unpaired) electrons. The highest BCUT2D eigenvalue weighted by Gasteiger charge is 2.18. The SMILES string of the molecule is CCCNC(CC)CN1CCCC(C)C1. The maximum absolute atomic E-state index is 3.64. The Morgan fingerprint density at radius 1 is 1.40 bits per heavy atom. The van der Waals surface area contributed by atoms with Gasteiger partial charge in [0.25, 0.3) is 0 Å². The molecule has 2 unspecified atom stereocenters. The first-order chi connectivity index (χ1) is 7.26. The Kier molecular flexibility index (Phi) is 6.26. The molecule has 2 heteroatoms. The van der Waals surface area contributed by atoms with E-state index in [9.17, 15) is 0 Å². The Morgan fingerprint density at radius 3 is 2.80 bits per heavy atom. The topological polar surface area (TPSA) is 15.3 Å². The van der Waals surface area contributed by atoms with Gasteiger partial charge in [-0.3, -0.25) is 0 Å². The molecule has 0 aromatic rings. The van der Waals surface area contributed by atoms with Gasteiger partial charge in [-0.2, -0.15) is 0 Å². The number of nitrogens with zero attached hydrogens (tertiary/aromatic N) is 1. The van der Waals surface area contributed by atoms with Crippen molar-refractivity contribution >= 4 is 0 Å². The summed E-state index contributed by atoms with van der Waals surface area (Å²) >= 11 is 0. The predicted octanol–water partition coefficient (Wildman–Crippen LogP) is 2.50. The zero-order chi connectivity index (χ0) is 11.1. The number of piperidine rings is 1. The molecular weight excluding hydrogens is 184 g/mol. The van der Waals surface area contributed by atoms with Crippen LogP contribution in [0.15, 0.2) is 0 Å². The fourth-order valence-electron chi connectivity index (χ4n) is 2.45. The highest BCUT2D eigenvalue weighted by molar-refractivity contribution is 4.75. The Labute approximate surface area is 95.4 Å². The van der Waals surface area contributed by atoms with Crippen LogP contribution in [0.2, 0.25) is 0 Å². The molecule has 1 aliphatic rings. The first-order valence-corrected chi connectivity index (χ1v) is 6.72. The molecule has 2 nitrogen and oxygen atoms in total. The highest BCUT2D eigenvalue weighted by Crippen LogP contribution is 2.15. The van der Waals surface area contributed by atoms with E-state index < -0.39 is 0 Å². The third kappa shape index (κ3) is 4.98. The van der Waals surface area contributed by atoms with Gasteiger partial charge in [-0.25, -0.2) is 0 Å². The van der Waals surface area contributed by atoms with Gasteiger partial charge in [0.2, 0.25) is 0 Å². The molecule has 15 heavy (non-hydrogen) atoms. The molecule has 1 rings (SSSR count). The molecule has 0 aromatic carbocycles. The second-order valence-electron chi connectivity index (χ2n) is 5.07. The molecule has 1 fully saturated rings. The number of hydrogen-bond donors (Lipinski definition) is 1. The molecule has 1 aliphatic heterocycles. The minimum absolute atomic E-state index is 0.704. The van der Waals surface area contributed by atoms with Gasteiger partial charge in [-0.05, 0) is 44.7 Å². The molecular formula is C13H28N2. The van der Waals surface area contributed by atoms with Crippen LogP contribution in [0.1, 0.15) is 46.5 Å². The number of likely N-dealkylation sites (tertiary alicyclic amines) is 1. The van der Waals surface area contributed by atoms with Crippen molar-refractivity contribution < 1.29 is 0 Å². The summed E-state index contributed by atoms with van der Waals surface area (Å²) in [7, 11) is 0. The van der Waals surface area contributed by atoms with Crippen LogP contribution in [0.3, 0.4) is 0 Å². The van der Waals surface area contributed by atoms with Crippen LogP contribution in [0, 0.1) is 5.92 Å². The van der Waals surface area contributed by atoms with Crippen molar-refractivity contribution in [2.75, 3.05) is 26.2 Å². The molecule has 0 aromatic heterocycles. The summed E-state index contributed by atoms with van der Waals surface area (Å²) < 4.78 is 0. The van der Waals surface area contributed by atoms with E-state index in [1.807, 2.05) is 0 Å². The molecule has 1 saturated heterocycles. The summed E-state index contributed by atoms with van der Waals surface area (Å²) in [4.78, 5) is 2.64. The molecule has 0 bridgehead atoms. The second kappa shape index (κ2) is 7.24. The lowest BCUT2D eigenvalue weighted by atomic mass is 9.99. The van der Waals surface area contributed by atoms with Crippen molar-refractivity contribution in [2.24, 2.45) is 5.92 Å². The second-order valence-corrected chi connectivity index (χ2v) is 5.07. The highest BCUT2D eigenvalue weighted by atomic mass is 15.2. The van der Waals surface area contributed by atoms with E-state index in [1.165, 1.54) is 51.9 Å². The van der Waals surface area contributed by atoms with Gasteiger partial charge in [-0.1, -0.05) is 20.8 Å². The normalized spacial score (nSPS) is 25.4. The van der Waals surface area contributed by atoms with Crippen LogP contribution in [0.4, 0.5) is 0 Å². The van der Waals surface area contributed by atoms with Crippen molar-refractivity contribution in [1.82, 2.24) is 10.2 Å². The quantitative estimate of drug-likeness (QED) is 0.728. The summed E-state index contributed by atoms with van der Waals surface area (Å²) in [6.45, 7) is 12.0. The number of nitrogens with one attached hydrogen (secondary N) is 1. The molecule has 0 spiro atoms. The predicted molar refractivity (Wildman–Crippen MR) is 67.2 cm³/mol. The van der Waals surface area contributed by atoms with E-state index in [0.29, 0.717) is 6.04 Å². The summed E-state index contributed by atoms with van der Waals surface area (Å²) in [5, 5.41) is 3.64. The fourth-order valence-corrected chi connectivity index (χ4v) is 2.45. The van der Waals surface area contributed by atoms with Gasteiger partial charge in [0, 0.05) is 19.1 Å². The van der Waals surface area contributed by atoms with Gasteiger partial charge >= 0.3 is 0 Å². The average Bonchev–Trinajstić information content (AvgIpc) is 2.24. The van der Waals surface area contributed by atoms with Crippen LogP contribution in [-0.4, -0.2) is 37.1 Å². The molecule has 2 atom stereocenters. The molecule has 90 valence electrons. The van der Waals surface area contributed by atoms with Gasteiger partial charge in [0.05, 0.1) is 0 Å². The lowest BCUT2D eigenvalue weighted by molar-refractivity contribution is 0.165. The zero-order valence-corrected chi connectivity index (χ0v) is 10.8. The fraction of sp³-hybridized carbons (Fsp3) is 1.00. The van der Waals surface area contributed by atoms with Crippen molar-refractivity contribution in [1.29, 1.82) is 0 Å². The first-order valence-electron chi connectivity index (χ1n) is 6.72. The van der Waals surface area contributed by atoms with Gasteiger partial charge in [0.15, 0.2) is 0 Å². The summed E-state index contributed by atoms with van der Waals surface area (Å²) in [5.74, 6) is 0.905. The van der Waals surface area contributed by atoms with E-state index in [0.717, 1.165) is 5.92 Å². The van der Waals surface area contributed by atoms with Crippen LogP contribution >= 0.6 is 0 Å². The Balaban J connectivity index is 2.24. The average molecular weight is 212 g/mol. The van der Waals surface area contributed by atoms with Crippen LogP contribution in [0.5, 0.6) is 0 Å². The van der Waals surface area contributed by atoms with E-state index >= 15 is 0 Å². The molecule has 0 aliphatic carbocycles. The van der Waals surface area contributed by atoms with Gasteiger partial charge in [0.1, 0.15) is 0 Å². The number of rotatable bonds is 6. The third-order valence-electron chi connectivity index (χ3n) is 3.40. The maximum Gasteiger partial charge on any atom is 0.0192 e. The molecule has 0 saturated carbocycles. The van der Waals surface area contributed by atoms with Gasteiger partial charge < -0.3 is 10.2 Å². The van der Waals surface area contributed by atoms with Gasteiger partial charge in [-0.15, -0.1) is 0 Å². The standard InChI is InChI=1S/C13H28N2/c1-4-8-14-13(5-2)11-15-9-6-7-12(3)10-15/h12-14H,4-11H2,1-3H3. The molecule has 1 heterocycles. The van der Waals surface area contributed by atoms with Crippen molar-refractivity contribution in [3.8, 4) is 0 Å². The Morgan fingerprint density at radius 2 is 2.20 bits per heavy atom. The Bertz CT molecular complexity index is 159. The maximum atomic E-state index is 3.64. The van der Waals surface area contributed by atoms with Crippen LogP contribution in [-0.2, 0) is 0 Å². The Hall–Kier alpha value is -0.0800.